The van der Waals surface area contributed by atoms with Gasteiger partial charge in [-0.2, -0.15) is 0 Å². The number of amides is 2. The molecule has 2 atom stereocenters. The van der Waals surface area contributed by atoms with E-state index in [1.54, 1.807) is 24.4 Å². The highest BCUT2D eigenvalue weighted by atomic mass is 32.1. The Morgan fingerprint density at radius 2 is 2.08 bits per heavy atom. The molecule has 1 fully saturated rings. The smallest absolute Gasteiger partial charge is 0.270 e. The molecular weight excluding hydrogens is 481 g/mol. The number of hydrogen-bond donors (Lipinski definition) is 1. The largest absolute Gasteiger partial charge is 0.486 e. The number of thiazole rings is 1. The zero-order valence-corrected chi connectivity index (χ0v) is 20.9. The molecule has 1 aromatic heterocycles. The molecule has 5 rings (SSSR count). The molecule has 0 aliphatic carbocycles. The first kappa shape index (κ1) is 24.4. The molecule has 3 heterocycles. The van der Waals surface area contributed by atoms with Crippen molar-refractivity contribution in [3.63, 3.8) is 0 Å². The number of nitrogens with zero attached hydrogens (tertiary/aromatic N) is 2. The molecule has 0 spiro atoms. The van der Waals surface area contributed by atoms with Crippen LogP contribution in [0.25, 0.3) is 0 Å². The average molecular weight is 510 g/mol. The Labute approximate surface area is 213 Å². The molecule has 0 saturated carbocycles. The van der Waals surface area contributed by atoms with Gasteiger partial charge in [0.2, 0.25) is 5.91 Å². The van der Waals surface area contributed by atoms with Crippen molar-refractivity contribution in [2.75, 3.05) is 19.7 Å². The summed E-state index contributed by atoms with van der Waals surface area (Å²) in [5.74, 6) is 0.0816. The van der Waals surface area contributed by atoms with E-state index in [2.05, 4.69) is 10.3 Å². The number of nitrogens with one attached hydrogen (secondary N) is 1. The summed E-state index contributed by atoms with van der Waals surface area (Å²) in [5, 5.41) is 5.30. The lowest BCUT2D eigenvalue weighted by molar-refractivity contribution is -0.130. The van der Waals surface area contributed by atoms with E-state index < -0.39 is 0 Å². The van der Waals surface area contributed by atoms with Crippen LogP contribution in [0.15, 0.2) is 47.8 Å². The van der Waals surface area contributed by atoms with Gasteiger partial charge in [-0.05, 0) is 60.2 Å². The van der Waals surface area contributed by atoms with Crippen LogP contribution >= 0.6 is 11.3 Å². The van der Waals surface area contributed by atoms with Crippen LogP contribution in [0.3, 0.4) is 0 Å². The van der Waals surface area contributed by atoms with E-state index in [1.165, 1.54) is 23.5 Å². The van der Waals surface area contributed by atoms with E-state index in [0.717, 1.165) is 42.6 Å². The lowest BCUT2D eigenvalue weighted by atomic mass is 9.88. The zero-order valence-electron chi connectivity index (χ0n) is 20.0. The van der Waals surface area contributed by atoms with Gasteiger partial charge in [0.25, 0.3) is 5.91 Å². The molecule has 0 radical (unpaired) electrons. The summed E-state index contributed by atoms with van der Waals surface area (Å²) in [4.78, 5) is 31.0. The maximum Gasteiger partial charge on any atom is 0.270 e. The average Bonchev–Trinajstić information content (AvgIpc) is 3.58. The van der Waals surface area contributed by atoms with Gasteiger partial charge in [0.1, 0.15) is 28.9 Å². The summed E-state index contributed by atoms with van der Waals surface area (Å²) in [6, 6.07) is 11.8. The number of carbonyl (C=O) groups is 2. The first-order chi connectivity index (χ1) is 17.5. The highest BCUT2D eigenvalue weighted by Gasteiger charge is 2.31. The van der Waals surface area contributed by atoms with E-state index >= 15 is 0 Å². The van der Waals surface area contributed by atoms with Crippen LogP contribution < -0.4 is 10.1 Å². The molecule has 2 aliphatic heterocycles. The molecule has 188 valence electrons. The summed E-state index contributed by atoms with van der Waals surface area (Å²) in [5.41, 5.74) is 3.32. The van der Waals surface area contributed by atoms with Crippen LogP contribution in [0.1, 0.15) is 58.0 Å². The maximum absolute atomic E-state index is 13.6. The Morgan fingerprint density at radius 1 is 1.25 bits per heavy atom. The predicted molar refractivity (Wildman–Crippen MR) is 134 cm³/mol. The molecule has 0 bridgehead atoms. The summed E-state index contributed by atoms with van der Waals surface area (Å²) in [6.45, 7) is 3.61. The Balaban J connectivity index is 1.28. The monoisotopic (exact) mass is 509 g/mol. The van der Waals surface area contributed by atoms with Gasteiger partial charge in [-0.15, -0.1) is 11.3 Å². The molecule has 2 amide bonds. The summed E-state index contributed by atoms with van der Waals surface area (Å²) in [6.07, 6.45) is 2.81. The Hall–Kier alpha value is -3.30. The SMILES string of the molecule is CC(=O)N1CCc2ccc(OCc3nc(C(=O)NCC4CCCO4)cs3)cc2C1c1ccc(F)cc1. The van der Waals surface area contributed by atoms with Crippen LogP contribution in [-0.2, 0) is 22.6 Å². The van der Waals surface area contributed by atoms with Crippen LogP contribution in [0, 0.1) is 5.82 Å². The van der Waals surface area contributed by atoms with Gasteiger partial charge in [-0.1, -0.05) is 18.2 Å². The van der Waals surface area contributed by atoms with E-state index in [4.69, 9.17) is 9.47 Å². The van der Waals surface area contributed by atoms with Gasteiger partial charge < -0.3 is 19.7 Å². The number of fused-ring (bicyclic) bond motifs is 1. The van der Waals surface area contributed by atoms with Crippen molar-refractivity contribution in [2.45, 2.75) is 44.9 Å². The van der Waals surface area contributed by atoms with Crippen molar-refractivity contribution in [2.24, 2.45) is 0 Å². The minimum absolute atomic E-state index is 0.0330. The van der Waals surface area contributed by atoms with E-state index in [0.29, 0.717) is 29.5 Å². The van der Waals surface area contributed by atoms with Gasteiger partial charge in [0.15, 0.2) is 0 Å². The zero-order chi connectivity index (χ0) is 25.1. The summed E-state index contributed by atoms with van der Waals surface area (Å²) >= 11 is 1.37. The van der Waals surface area contributed by atoms with Crippen molar-refractivity contribution in [1.29, 1.82) is 0 Å². The van der Waals surface area contributed by atoms with Crippen LogP contribution in [0.5, 0.6) is 5.75 Å². The fourth-order valence-corrected chi connectivity index (χ4v) is 5.44. The van der Waals surface area contributed by atoms with E-state index in [1.807, 2.05) is 23.1 Å². The van der Waals surface area contributed by atoms with E-state index in [-0.39, 0.29) is 36.4 Å². The molecule has 9 heteroatoms. The number of rotatable bonds is 7. The third-order valence-corrected chi connectivity index (χ3v) is 7.42. The molecule has 2 aromatic carbocycles. The van der Waals surface area contributed by atoms with Crippen molar-refractivity contribution < 1.29 is 23.5 Å². The lowest BCUT2D eigenvalue weighted by Crippen LogP contribution is -2.39. The molecule has 1 saturated heterocycles. The fourth-order valence-electron chi connectivity index (χ4n) is 4.76. The van der Waals surface area contributed by atoms with E-state index in [9.17, 15) is 14.0 Å². The maximum atomic E-state index is 13.6. The Bertz CT molecular complexity index is 1240. The van der Waals surface area contributed by atoms with Crippen molar-refractivity contribution in [3.05, 3.63) is 81.1 Å². The minimum Gasteiger partial charge on any atom is -0.486 e. The van der Waals surface area contributed by atoms with Gasteiger partial charge in [-0.3, -0.25) is 9.59 Å². The highest BCUT2D eigenvalue weighted by Crippen LogP contribution is 2.37. The van der Waals surface area contributed by atoms with Gasteiger partial charge in [-0.25, -0.2) is 9.37 Å². The first-order valence-corrected chi connectivity index (χ1v) is 13.0. The van der Waals surface area contributed by atoms with Gasteiger partial charge in [0.05, 0.1) is 12.1 Å². The summed E-state index contributed by atoms with van der Waals surface area (Å²) < 4.78 is 25.1. The van der Waals surface area contributed by atoms with Crippen LogP contribution in [0.2, 0.25) is 0 Å². The third kappa shape index (κ3) is 5.42. The molecule has 7 nitrogen and oxygen atoms in total. The van der Waals surface area contributed by atoms with Gasteiger partial charge in [0, 0.05) is 32.0 Å². The first-order valence-electron chi connectivity index (χ1n) is 12.1. The molecule has 3 aromatic rings. The van der Waals surface area contributed by atoms with Crippen molar-refractivity contribution in [1.82, 2.24) is 15.2 Å². The lowest BCUT2D eigenvalue weighted by Gasteiger charge is -2.37. The summed E-state index contributed by atoms with van der Waals surface area (Å²) in [7, 11) is 0. The van der Waals surface area contributed by atoms with Crippen molar-refractivity contribution >= 4 is 23.2 Å². The molecular formula is C27H28FN3O4S. The second kappa shape index (κ2) is 10.8. The quantitative estimate of drug-likeness (QED) is 0.515. The van der Waals surface area contributed by atoms with Crippen LogP contribution in [-0.4, -0.2) is 47.5 Å². The number of carbonyl (C=O) groups excluding carboxylic acids is 2. The second-order valence-electron chi connectivity index (χ2n) is 9.04. The Kier molecular flexibility index (Phi) is 7.29. The molecule has 36 heavy (non-hydrogen) atoms. The third-order valence-electron chi connectivity index (χ3n) is 6.60. The van der Waals surface area contributed by atoms with Crippen molar-refractivity contribution in [3.8, 4) is 5.75 Å². The topological polar surface area (TPSA) is 80.8 Å². The molecule has 2 unspecified atom stereocenters. The fraction of sp³-hybridized carbons (Fsp3) is 0.370. The number of halogens is 1. The molecule has 1 N–H and O–H groups in total. The molecule has 2 aliphatic rings. The Morgan fingerprint density at radius 3 is 2.83 bits per heavy atom. The number of aromatic nitrogens is 1. The number of ether oxygens (including phenoxy) is 2. The second-order valence-corrected chi connectivity index (χ2v) is 9.98. The number of hydrogen-bond acceptors (Lipinski definition) is 6. The minimum atomic E-state index is -0.315. The standard InChI is InChI=1S/C27H28FN3O4S/c1-17(32)31-11-10-18-6-9-21(13-23(18)26(31)19-4-7-20(28)8-5-19)35-15-25-30-24(16-36-25)27(33)29-14-22-3-2-12-34-22/h4-9,13,16,22,26H,2-3,10-12,14-15H2,1H3,(H,29,33). The van der Waals surface area contributed by atoms with Gasteiger partial charge >= 0.3 is 0 Å². The van der Waals surface area contributed by atoms with Crippen LogP contribution in [0.4, 0.5) is 4.39 Å². The normalized spacial score (nSPS) is 19.1. The predicted octanol–water partition coefficient (Wildman–Crippen LogP) is 4.26. The highest BCUT2D eigenvalue weighted by molar-refractivity contribution is 7.09. The number of benzene rings is 2.